The predicted molar refractivity (Wildman–Crippen MR) is 104 cm³/mol. The second-order valence-electron chi connectivity index (χ2n) is 6.20. The van der Waals surface area contributed by atoms with Gasteiger partial charge in [0.2, 0.25) is 0 Å². The Morgan fingerprint density at radius 1 is 1.12 bits per heavy atom. The second kappa shape index (κ2) is 7.12. The molecule has 2 aromatic heterocycles. The Bertz CT molecular complexity index is 1020. The molecule has 4 nitrogen and oxygen atoms in total. The topological polar surface area (TPSA) is 50.3 Å². The standard InChI is InChI=1S/C19H17ClN2O2S2/c20-18-5-6-19(25-18)26(23,24)22-12-9-15-3-1-2-4-16(15)17(22)13-14-7-10-21-11-8-14/h1-8,10-11,17H,9,12-13H2. The average molecular weight is 405 g/mol. The number of hydrogen-bond donors (Lipinski definition) is 0. The number of fused-ring (bicyclic) bond motifs is 1. The summed E-state index contributed by atoms with van der Waals surface area (Å²) in [5, 5.41) is 0. The molecule has 0 saturated heterocycles. The van der Waals surface area contributed by atoms with E-state index >= 15 is 0 Å². The number of pyridine rings is 1. The number of rotatable bonds is 4. The SMILES string of the molecule is O=S(=O)(c1ccc(Cl)s1)N1CCc2ccccc2C1Cc1ccncc1. The summed E-state index contributed by atoms with van der Waals surface area (Å²) in [4.78, 5) is 4.06. The van der Waals surface area contributed by atoms with Gasteiger partial charge in [0.1, 0.15) is 4.21 Å². The monoisotopic (exact) mass is 404 g/mol. The molecule has 1 aliphatic rings. The van der Waals surface area contributed by atoms with Gasteiger partial charge < -0.3 is 0 Å². The van der Waals surface area contributed by atoms with Crippen LogP contribution in [0.15, 0.2) is 65.1 Å². The van der Waals surface area contributed by atoms with Gasteiger partial charge in [0.15, 0.2) is 0 Å². The number of halogens is 1. The van der Waals surface area contributed by atoms with Crippen LogP contribution in [0.3, 0.4) is 0 Å². The highest BCUT2D eigenvalue weighted by molar-refractivity contribution is 7.91. The number of sulfonamides is 1. The van der Waals surface area contributed by atoms with Crippen molar-refractivity contribution in [1.82, 2.24) is 9.29 Å². The zero-order valence-electron chi connectivity index (χ0n) is 13.9. The van der Waals surface area contributed by atoms with Crippen LogP contribution in [0.4, 0.5) is 0 Å². The van der Waals surface area contributed by atoms with Gasteiger partial charge in [-0.1, -0.05) is 35.9 Å². The molecule has 3 aromatic rings. The number of hydrogen-bond acceptors (Lipinski definition) is 4. The molecular formula is C19H17ClN2O2S2. The maximum atomic E-state index is 13.3. The van der Waals surface area contributed by atoms with Crippen molar-refractivity contribution in [2.45, 2.75) is 23.1 Å². The van der Waals surface area contributed by atoms with Gasteiger partial charge in [-0.2, -0.15) is 4.31 Å². The third-order valence-corrected chi connectivity index (χ3v) is 8.26. The zero-order valence-corrected chi connectivity index (χ0v) is 16.3. The second-order valence-corrected chi connectivity index (χ2v) is 10.0. The fourth-order valence-corrected chi connectivity index (χ4v) is 6.64. The van der Waals surface area contributed by atoms with Gasteiger partial charge in [-0.05, 0) is 53.8 Å². The van der Waals surface area contributed by atoms with Crippen molar-refractivity contribution in [2.24, 2.45) is 0 Å². The van der Waals surface area contributed by atoms with E-state index in [0.29, 0.717) is 27.9 Å². The number of aromatic nitrogens is 1. The molecule has 4 rings (SSSR count). The van der Waals surface area contributed by atoms with Crippen LogP contribution in [0, 0.1) is 0 Å². The normalized spacial score (nSPS) is 17.8. The van der Waals surface area contributed by atoms with Gasteiger partial charge >= 0.3 is 0 Å². The summed E-state index contributed by atoms with van der Waals surface area (Å²) in [5.74, 6) is 0. The molecule has 0 fully saturated rings. The Morgan fingerprint density at radius 2 is 1.88 bits per heavy atom. The van der Waals surface area contributed by atoms with Crippen LogP contribution in [0.2, 0.25) is 4.34 Å². The first-order chi connectivity index (χ1) is 12.6. The van der Waals surface area contributed by atoms with Gasteiger partial charge in [-0.25, -0.2) is 8.42 Å². The lowest BCUT2D eigenvalue weighted by atomic mass is 9.90. The van der Waals surface area contributed by atoms with Crippen molar-refractivity contribution >= 4 is 33.0 Å². The first-order valence-corrected chi connectivity index (χ1v) is 10.9. The van der Waals surface area contributed by atoms with Crippen LogP contribution in [0.5, 0.6) is 0 Å². The highest BCUT2D eigenvalue weighted by Gasteiger charge is 2.37. The van der Waals surface area contributed by atoms with Gasteiger partial charge in [0, 0.05) is 18.9 Å². The summed E-state index contributed by atoms with van der Waals surface area (Å²) in [5.41, 5.74) is 3.34. The lowest BCUT2D eigenvalue weighted by Gasteiger charge is -2.36. The van der Waals surface area contributed by atoms with Gasteiger partial charge in [-0.3, -0.25) is 4.98 Å². The molecular weight excluding hydrogens is 388 g/mol. The minimum atomic E-state index is -3.60. The van der Waals surface area contributed by atoms with E-state index in [4.69, 9.17) is 11.6 Å². The molecule has 1 aromatic carbocycles. The van der Waals surface area contributed by atoms with Gasteiger partial charge in [0.25, 0.3) is 10.0 Å². The fourth-order valence-electron chi connectivity index (χ4n) is 3.42. The van der Waals surface area contributed by atoms with Crippen molar-refractivity contribution in [1.29, 1.82) is 0 Å². The molecule has 0 bridgehead atoms. The molecule has 0 radical (unpaired) electrons. The summed E-state index contributed by atoms with van der Waals surface area (Å²) in [6.07, 6.45) is 4.79. The Labute approximate surface area is 162 Å². The average Bonchev–Trinajstić information content (AvgIpc) is 3.10. The largest absolute Gasteiger partial charge is 0.265 e. The van der Waals surface area contributed by atoms with Crippen molar-refractivity contribution in [3.05, 3.63) is 82.0 Å². The molecule has 3 heterocycles. The third kappa shape index (κ3) is 3.30. The van der Waals surface area contributed by atoms with E-state index in [1.165, 1.54) is 5.56 Å². The minimum absolute atomic E-state index is 0.242. The number of benzene rings is 1. The first kappa shape index (κ1) is 17.7. The van der Waals surface area contributed by atoms with E-state index in [1.807, 2.05) is 30.3 Å². The summed E-state index contributed by atoms with van der Waals surface area (Å²) < 4.78 is 28.9. The van der Waals surface area contributed by atoms with Crippen LogP contribution in [-0.4, -0.2) is 24.3 Å². The lowest BCUT2D eigenvalue weighted by Crippen LogP contribution is -2.40. The molecule has 134 valence electrons. The van der Waals surface area contributed by atoms with Crippen LogP contribution < -0.4 is 0 Å². The van der Waals surface area contributed by atoms with Crippen LogP contribution in [-0.2, 0) is 22.9 Å². The van der Waals surface area contributed by atoms with Crippen molar-refractivity contribution in [2.75, 3.05) is 6.54 Å². The number of nitrogens with zero attached hydrogens (tertiary/aromatic N) is 2. The van der Waals surface area contributed by atoms with E-state index in [-0.39, 0.29) is 6.04 Å². The summed E-state index contributed by atoms with van der Waals surface area (Å²) in [7, 11) is -3.60. The lowest BCUT2D eigenvalue weighted by molar-refractivity contribution is 0.306. The molecule has 0 saturated carbocycles. The highest BCUT2D eigenvalue weighted by atomic mass is 35.5. The van der Waals surface area contributed by atoms with Crippen molar-refractivity contribution in [3.8, 4) is 0 Å². The van der Waals surface area contributed by atoms with E-state index in [0.717, 1.165) is 22.5 Å². The Morgan fingerprint density at radius 3 is 2.62 bits per heavy atom. The predicted octanol–water partition coefficient (Wildman–Crippen LogP) is 4.33. The van der Waals surface area contributed by atoms with E-state index in [2.05, 4.69) is 11.1 Å². The zero-order chi connectivity index (χ0) is 18.1. The molecule has 0 N–H and O–H groups in total. The van der Waals surface area contributed by atoms with Crippen molar-refractivity contribution < 1.29 is 8.42 Å². The molecule has 0 amide bonds. The third-order valence-electron chi connectivity index (χ3n) is 4.65. The van der Waals surface area contributed by atoms with Gasteiger partial charge in [-0.15, -0.1) is 11.3 Å². The highest BCUT2D eigenvalue weighted by Crippen LogP contribution is 2.38. The maximum absolute atomic E-state index is 13.3. The molecule has 0 spiro atoms. The maximum Gasteiger partial charge on any atom is 0.253 e. The van der Waals surface area contributed by atoms with E-state index in [1.54, 1.807) is 28.8 Å². The summed E-state index contributed by atoms with van der Waals surface area (Å²) in [6, 6.07) is 14.9. The van der Waals surface area contributed by atoms with Crippen molar-refractivity contribution in [3.63, 3.8) is 0 Å². The van der Waals surface area contributed by atoms with E-state index in [9.17, 15) is 8.42 Å². The first-order valence-electron chi connectivity index (χ1n) is 8.29. The smallest absolute Gasteiger partial charge is 0.253 e. The molecule has 1 unspecified atom stereocenters. The molecule has 26 heavy (non-hydrogen) atoms. The quantitative estimate of drug-likeness (QED) is 0.650. The van der Waals surface area contributed by atoms with E-state index < -0.39 is 10.0 Å². The van der Waals surface area contributed by atoms with Crippen LogP contribution in [0.25, 0.3) is 0 Å². The Hall–Kier alpha value is -1.73. The fraction of sp³-hybridized carbons (Fsp3) is 0.211. The summed E-state index contributed by atoms with van der Waals surface area (Å²) >= 11 is 7.08. The minimum Gasteiger partial charge on any atom is -0.265 e. The van der Waals surface area contributed by atoms with Gasteiger partial charge in [0.05, 0.1) is 10.4 Å². The molecule has 1 aliphatic heterocycles. The molecule has 0 aliphatic carbocycles. The van der Waals surface area contributed by atoms with Crippen LogP contribution >= 0.6 is 22.9 Å². The summed E-state index contributed by atoms with van der Waals surface area (Å²) in [6.45, 7) is 0.463. The Kier molecular flexibility index (Phi) is 4.84. The Balaban J connectivity index is 1.78. The number of thiophene rings is 1. The molecule has 1 atom stereocenters. The molecule has 7 heteroatoms. The van der Waals surface area contributed by atoms with Crippen LogP contribution in [0.1, 0.15) is 22.7 Å².